The van der Waals surface area contributed by atoms with Crippen LogP contribution in [0.15, 0.2) is 28.9 Å². The average molecular weight is 243 g/mol. The second kappa shape index (κ2) is 3.95. The Hall–Kier alpha value is -2.70. The molecule has 0 aliphatic heterocycles. The molecule has 0 radical (unpaired) electrons. The molecule has 3 rings (SSSR count). The van der Waals surface area contributed by atoms with Crippen molar-refractivity contribution >= 4 is 0 Å². The molecule has 0 aliphatic rings. The van der Waals surface area contributed by atoms with Crippen LogP contribution in [0.2, 0.25) is 0 Å². The summed E-state index contributed by atoms with van der Waals surface area (Å²) in [5, 5.41) is 23.4. The Morgan fingerprint density at radius 1 is 1.33 bits per heavy atom. The quantitative estimate of drug-likeness (QED) is 0.707. The third-order valence-electron chi connectivity index (χ3n) is 2.53. The summed E-state index contributed by atoms with van der Waals surface area (Å²) in [4.78, 5) is 4.18. The highest BCUT2D eigenvalue weighted by atomic mass is 16.5. The number of nitrogens with one attached hydrogen (secondary N) is 1. The Labute approximate surface area is 101 Å². The molecule has 0 aliphatic carbocycles. The first-order valence-corrected chi connectivity index (χ1v) is 5.24. The number of aromatic nitrogens is 5. The van der Waals surface area contributed by atoms with Gasteiger partial charge >= 0.3 is 0 Å². The second-order valence-corrected chi connectivity index (χ2v) is 3.78. The zero-order chi connectivity index (χ0) is 12.5. The van der Waals surface area contributed by atoms with Crippen LogP contribution in [0, 0.1) is 6.92 Å². The fourth-order valence-electron chi connectivity index (χ4n) is 1.50. The Bertz CT molecular complexity index is 675. The van der Waals surface area contributed by atoms with Gasteiger partial charge in [0.2, 0.25) is 5.82 Å². The van der Waals surface area contributed by atoms with E-state index in [9.17, 15) is 5.11 Å². The molecule has 2 aromatic heterocycles. The zero-order valence-corrected chi connectivity index (χ0v) is 9.45. The van der Waals surface area contributed by atoms with Gasteiger partial charge in [-0.2, -0.15) is 20.4 Å². The van der Waals surface area contributed by atoms with Gasteiger partial charge in [-0.25, -0.2) is 0 Å². The number of phenols is 1. The smallest absolute Gasteiger partial charge is 0.258 e. The van der Waals surface area contributed by atoms with Gasteiger partial charge in [0.25, 0.3) is 5.89 Å². The molecule has 7 heteroatoms. The predicted octanol–water partition coefficient (Wildman–Crippen LogP) is 1.54. The fourth-order valence-corrected chi connectivity index (χ4v) is 1.50. The van der Waals surface area contributed by atoms with E-state index in [4.69, 9.17) is 4.52 Å². The van der Waals surface area contributed by atoms with Crippen LogP contribution in [0.1, 0.15) is 5.56 Å². The van der Waals surface area contributed by atoms with Gasteiger partial charge in [-0.1, -0.05) is 11.2 Å². The maximum atomic E-state index is 9.63. The topological polar surface area (TPSA) is 101 Å². The Balaban J connectivity index is 2.00. The molecule has 3 aromatic rings. The van der Waals surface area contributed by atoms with Gasteiger partial charge < -0.3 is 9.63 Å². The molecule has 90 valence electrons. The summed E-state index contributed by atoms with van der Waals surface area (Å²) >= 11 is 0. The van der Waals surface area contributed by atoms with Crippen molar-refractivity contribution in [1.82, 2.24) is 25.6 Å². The molecule has 0 unspecified atom stereocenters. The lowest BCUT2D eigenvalue weighted by Crippen LogP contribution is -1.82. The number of H-pyrrole nitrogens is 1. The standard InChI is InChI=1S/C11H9N5O2/c1-6-2-3-7(4-9(6)17)11-13-10(15-18-11)8-5-12-16-14-8/h2-5,17H,1H3,(H,12,14,16). The van der Waals surface area contributed by atoms with Crippen molar-refractivity contribution in [3.05, 3.63) is 30.0 Å². The van der Waals surface area contributed by atoms with Crippen molar-refractivity contribution in [1.29, 1.82) is 0 Å². The van der Waals surface area contributed by atoms with Crippen LogP contribution in [0.3, 0.4) is 0 Å². The molecule has 7 nitrogen and oxygen atoms in total. The van der Waals surface area contributed by atoms with Crippen molar-refractivity contribution < 1.29 is 9.63 Å². The lowest BCUT2D eigenvalue weighted by atomic mass is 10.1. The van der Waals surface area contributed by atoms with E-state index in [0.29, 0.717) is 23.0 Å². The predicted molar refractivity (Wildman–Crippen MR) is 61.5 cm³/mol. The Morgan fingerprint density at radius 2 is 2.22 bits per heavy atom. The second-order valence-electron chi connectivity index (χ2n) is 3.78. The summed E-state index contributed by atoms with van der Waals surface area (Å²) in [6, 6.07) is 5.16. The van der Waals surface area contributed by atoms with Gasteiger partial charge in [0.05, 0.1) is 6.20 Å². The Morgan fingerprint density at radius 3 is 2.94 bits per heavy atom. The summed E-state index contributed by atoms with van der Waals surface area (Å²) < 4.78 is 5.12. The van der Waals surface area contributed by atoms with Crippen LogP contribution in [-0.2, 0) is 0 Å². The molecular formula is C11H9N5O2. The van der Waals surface area contributed by atoms with Gasteiger partial charge in [-0.05, 0) is 24.6 Å². The Kier molecular flexibility index (Phi) is 2.30. The lowest BCUT2D eigenvalue weighted by Gasteiger charge is -1.99. The monoisotopic (exact) mass is 243 g/mol. The van der Waals surface area contributed by atoms with E-state index in [1.807, 2.05) is 6.92 Å². The van der Waals surface area contributed by atoms with Crippen LogP contribution in [-0.4, -0.2) is 30.7 Å². The van der Waals surface area contributed by atoms with Crippen molar-refractivity contribution in [2.45, 2.75) is 6.92 Å². The summed E-state index contributed by atoms with van der Waals surface area (Å²) in [6.45, 7) is 1.81. The number of hydrogen-bond donors (Lipinski definition) is 2. The third kappa shape index (κ3) is 1.71. The third-order valence-corrected chi connectivity index (χ3v) is 2.53. The van der Waals surface area contributed by atoms with E-state index in [1.165, 1.54) is 6.20 Å². The minimum atomic E-state index is 0.189. The van der Waals surface area contributed by atoms with E-state index in [2.05, 4.69) is 25.6 Å². The van der Waals surface area contributed by atoms with Crippen LogP contribution >= 0.6 is 0 Å². The van der Waals surface area contributed by atoms with E-state index in [0.717, 1.165) is 5.56 Å². The van der Waals surface area contributed by atoms with Gasteiger partial charge in [-0.15, -0.1) is 0 Å². The minimum absolute atomic E-state index is 0.189. The van der Waals surface area contributed by atoms with Gasteiger partial charge in [0.1, 0.15) is 5.75 Å². The zero-order valence-electron chi connectivity index (χ0n) is 9.45. The molecule has 2 heterocycles. The highest BCUT2D eigenvalue weighted by molar-refractivity contribution is 5.59. The van der Waals surface area contributed by atoms with Crippen molar-refractivity contribution in [3.63, 3.8) is 0 Å². The molecule has 0 saturated heterocycles. The number of rotatable bonds is 2. The number of phenolic OH excluding ortho intramolecular Hbond substituents is 1. The number of aromatic amines is 1. The largest absolute Gasteiger partial charge is 0.508 e. The van der Waals surface area contributed by atoms with Crippen LogP contribution in [0.5, 0.6) is 5.75 Å². The van der Waals surface area contributed by atoms with Crippen molar-refractivity contribution in [2.24, 2.45) is 0 Å². The van der Waals surface area contributed by atoms with Crippen molar-refractivity contribution in [2.75, 3.05) is 0 Å². The number of nitrogens with zero attached hydrogens (tertiary/aromatic N) is 4. The lowest BCUT2D eigenvalue weighted by molar-refractivity contribution is 0.431. The summed E-state index contributed by atoms with van der Waals surface area (Å²) in [5.41, 5.74) is 1.94. The van der Waals surface area contributed by atoms with Crippen LogP contribution < -0.4 is 0 Å². The summed E-state index contributed by atoms with van der Waals surface area (Å²) in [5.74, 6) is 0.857. The average Bonchev–Trinajstić information content (AvgIpc) is 3.01. The summed E-state index contributed by atoms with van der Waals surface area (Å²) in [6.07, 6.45) is 1.50. The molecule has 0 saturated carbocycles. The molecule has 0 amide bonds. The van der Waals surface area contributed by atoms with E-state index in [1.54, 1.807) is 18.2 Å². The normalized spacial score (nSPS) is 10.7. The van der Waals surface area contributed by atoms with Crippen LogP contribution in [0.25, 0.3) is 23.0 Å². The van der Waals surface area contributed by atoms with Crippen molar-refractivity contribution in [3.8, 4) is 28.7 Å². The molecule has 1 aromatic carbocycles. The molecule has 0 spiro atoms. The van der Waals surface area contributed by atoms with E-state index in [-0.39, 0.29) is 5.75 Å². The molecular weight excluding hydrogens is 234 g/mol. The SMILES string of the molecule is Cc1ccc(-c2nc(-c3cn[nH]n3)no2)cc1O. The number of benzene rings is 1. The number of hydrogen-bond acceptors (Lipinski definition) is 6. The first-order valence-electron chi connectivity index (χ1n) is 5.24. The number of aromatic hydroxyl groups is 1. The van der Waals surface area contributed by atoms with Crippen LogP contribution in [0.4, 0.5) is 0 Å². The maximum Gasteiger partial charge on any atom is 0.258 e. The number of aryl methyl sites for hydroxylation is 1. The highest BCUT2D eigenvalue weighted by Crippen LogP contribution is 2.26. The molecule has 2 N–H and O–H groups in total. The molecule has 0 bridgehead atoms. The molecule has 0 atom stereocenters. The van der Waals surface area contributed by atoms with Gasteiger partial charge in [-0.3, -0.25) is 0 Å². The minimum Gasteiger partial charge on any atom is -0.508 e. The van der Waals surface area contributed by atoms with E-state index < -0.39 is 0 Å². The fraction of sp³-hybridized carbons (Fsp3) is 0.0909. The van der Waals surface area contributed by atoms with Gasteiger partial charge in [0, 0.05) is 5.56 Å². The first kappa shape index (κ1) is 10.5. The first-order chi connectivity index (χ1) is 8.74. The van der Waals surface area contributed by atoms with Gasteiger partial charge in [0.15, 0.2) is 5.69 Å². The maximum absolute atomic E-state index is 9.63. The molecule has 0 fully saturated rings. The summed E-state index contributed by atoms with van der Waals surface area (Å²) in [7, 11) is 0. The van der Waals surface area contributed by atoms with E-state index >= 15 is 0 Å². The highest BCUT2D eigenvalue weighted by Gasteiger charge is 2.13. The molecule has 18 heavy (non-hydrogen) atoms.